The Hall–Kier alpha value is -2.15. The molecular weight excluding hydrogens is 250 g/mol. The van der Waals surface area contributed by atoms with Crippen molar-refractivity contribution in [3.8, 4) is 11.4 Å². The van der Waals surface area contributed by atoms with Crippen LogP contribution in [0.4, 0.5) is 0 Å². The van der Waals surface area contributed by atoms with Crippen LogP contribution < -0.4 is 5.32 Å². The summed E-state index contributed by atoms with van der Waals surface area (Å²) in [6.45, 7) is 1.85. The second-order valence-electron chi connectivity index (χ2n) is 4.18. The number of nitrogens with one attached hydrogen (secondary N) is 1. The van der Waals surface area contributed by atoms with Crippen molar-refractivity contribution in [1.29, 1.82) is 0 Å². The highest BCUT2D eigenvalue weighted by Crippen LogP contribution is 2.16. The van der Waals surface area contributed by atoms with E-state index in [1.54, 1.807) is 13.0 Å². The summed E-state index contributed by atoms with van der Waals surface area (Å²) in [7, 11) is 0. The highest BCUT2D eigenvalue weighted by molar-refractivity contribution is 5.76. The maximum Gasteiger partial charge on any atom is 0.227 e. The van der Waals surface area contributed by atoms with Crippen LogP contribution in [0.2, 0.25) is 0 Å². The molecular formula is C12H15N3O4. The van der Waals surface area contributed by atoms with Crippen molar-refractivity contribution < 1.29 is 18.8 Å². The second kappa shape index (κ2) is 6.14. The Morgan fingerprint density at radius 2 is 2.42 bits per heavy atom. The largest absolute Gasteiger partial charge is 0.472 e. The lowest BCUT2D eigenvalue weighted by molar-refractivity contribution is -0.121. The smallest absolute Gasteiger partial charge is 0.227 e. The number of hydrogen-bond acceptors (Lipinski definition) is 6. The van der Waals surface area contributed by atoms with Gasteiger partial charge in [0.05, 0.1) is 17.9 Å². The van der Waals surface area contributed by atoms with Gasteiger partial charge in [0.2, 0.25) is 17.6 Å². The van der Waals surface area contributed by atoms with E-state index in [1.807, 2.05) is 0 Å². The van der Waals surface area contributed by atoms with Crippen LogP contribution in [-0.2, 0) is 11.2 Å². The van der Waals surface area contributed by atoms with Gasteiger partial charge in [-0.15, -0.1) is 0 Å². The van der Waals surface area contributed by atoms with Crippen LogP contribution >= 0.6 is 0 Å². The lowest BCUT2D eigenvalue weighted by atomic mass is 10.3. The Kier molecular flexibility index (Phi) is 4.30. The maximum atomic E-state index is 11.4. The highest BCUT2D eigenvalue weighted by atomic mass is 16.5. The average Bonchev–Trinajstić information content (AvgIpc) is 3.03. The molecule has 0 aromatic carbocycles. The predicted molar refractivity (Wildman–Crippen MR) is 65.0 cm³/mol. The molecule has 1 atom stereocenters. The van der Waals surface area contributed by atoms with Gasteiger partial charge in [-0.3, -0.25) is 4.79 Å². The number of aliphatic hydroxyl groups is 1. The van der Waals surface area contributed by atoms with Gasteiger partial charge < -0.3 is 19.4 Å². The first-order valence-electron chi connectivity index (χ1n) is 5.95. The van der Waals surface area contributed by atoms with Crippen LogP contribution in [0.5, 0.6) is 0 Å². The molecule has 2 N–H and O–H groups in total. The number of aromatic nitrogens is 2. The summed E-state index contributed by atoms with van der Waals surface area (Å²) in [6, 6.07) is 1.73. The SMILES string of the molecule is CC(O)CNC(=O)CCc1nc(-c2ccoc2)no1. The third kappa shape index (κ3) is 3.92. The summed E-state index contributed by atoms with van der Waals surface area (Å²) >= 11 is 0. The third-order valence-corrected chi connectivity index (χ3v) is 2.41. The van der Waals surface area contributed by atoms with Crippen molar-refractivity contribution in [3.05, 3.63) is 24.5 Å². The van der Waals surface area contributed by atoms with Gasteiger partial charge in [-0.2, -0.15) is 4.98 Å². The number of nitrogens with zero attached hydrogens (tertiary/aromatic N) is 2. The Morgan fingerprint density at radius 3 is 3.11 bits per heavy atom. The lowest BCUT2D eigenvalue weighted by Crippen LogP contribution is -2.30. The Bertz CT molecular complexity index is 519. The van der Waals surface area contributed by atoms with Crippen LogP contribution in [0.25, 0.3) is 11.4 Å². The van der Waals surface area contributed by atoms with Crippen LogP contribution in [0, 0.1) is 0 Å². The van der Waals surface area contributed by atoms with Crippen molar-refractivity contribution in [2.45, 2.75) is 25.9 Å². The molecule has 2 rings (SSSR count). The number of rotatable bonds is 6. The number of aryl methyl sites for hydroxylation is 1. The van der Waals surface area contributed by atoms with Gasteiger partial charge in [-0.05, 0) is 13.0 Å². The fourth-order valence-corrected chi connectivity index (χ4v) is 1.44. The first-order valence-corrected chi connectivity index (χ1v) is 5.95. The number of carbonyl (C=O) groups is 1. The molecule has 0 saturated carbocycles. The van der Waals surface area contributed by atoms with Gasteiger partial charge in [0.1, 0.15) is 6.26 Å². The average molecular weight is 265 g/mol. The van der Waals surface area contributed by atoms with E-state index in [-0.39, 0.29) is 18.9 Å². The minimum atomic E-state index is -0.556. The number of amides is 1. The minimum Gasteiger partial charge on any atom is -0.472 e. The van der Waals surface area contributed by atoms with Crippen molar-refractivity contribution in [2.75, 3.05) is 6.54 Å². The van der Waals surface area contributed by atoms with Crippen LogP contribution in [-0.4, -0.2) is 33.8 Å². The molecule has 1 unspecified atom stereocenters. The molecule has 0 aliphatic carbocycles. The Balaban J connectivity index is 1.82. The first-order chi connectivity index (χ1) is 9.15. The van der Waals surface area contributed by atoms with Gasteiger partial charge in [0.15, 0.2) is 0 Å². The Labute approximate surface area is 109 Å². The summed E-state index contributed by atoms with van der Waals surface area (Å²) in [5.41, 5.74) is 0.730. The standard InChI is InChI=1S/C12H15N3O4/c1-8(16)6-13-10(17)2-3-11-14-12(15-19-11)9-4-5-18-7-9/h4-5,7-8,16H,2-3,6H2,1H3,(H,13,17). The topological polar surface area (TPSA) is 101 Å². The van der Waals surface area contributed by atoms with Crippen LogP contribution in [0.15, 0.2) is 27.5 Å². The van der Waals surface area contributed by atoms with Gasteiger partial charge >= 0.3 is 0 Å². The molecule has 0 aliphatic heterocycles. The third-order valence-electron chi connectivity index (χ3n) is 2.41. The summed E-state index contributed by atoms with van der Waals surface area (Å²) in [5.74, 6) is 0.667. The molecule has 0 aliphatic rings. The molecule has 0 saturated heterocycles. The molecule has 102 valence electrons. The number of hydrogen-bond donors (Lipinski definition) is 2. The molecule has 19 heavy (non-hydrogen) atoms. The molecule has 7 heteroatoms. The van der Waals surface area contributed by atoms with Crippen molar-refractivity contribution >= 4 is 5.91 Å². The van der Waals surface area contributed by atoms with E-state index in [4.69, 9.17) is 14.0 Å². The molecule has 2 aromatic rings. The van der Waals surface area contributed by atoms with Crippen LogP contribution in [0.3, 0.4) is 0 Å². The fraction of sp³-hybridized carbons (Fsp3) is 0.417. The molecule has 2 heterocycles. The van der Waals surface area contributed by atoms with E-state index in [9.17, 15) is 4.79 Å². The van der Waals surface area contributed by atoms with E-state index in [1.165, 1.54) is 12.5 Å². The number of furan rings is 1. The molecule has 1 amide bonds. The molecule has 0 fully saturated rings. The zero-order valence-corrected chi connectivity index (χ0v) is 10.5. The maximum absolute atomic E-state index is 11.4. The summed E-state index contributed by atoms with van der Waals surface area (Å²) in [6.07, 6.45) is 3.08. The quantitative estimate of drug-likeness (QED) is 0.799. The second-order valence-corrected chi connectivity index (χ2v) is 4.18. The van der Waals surface area contributed by atoms with E-state index in [0.717, 1.165) is 5.56 Å². The molecule has 7 nitrogen and oxygen atoms in total. The summed E-state index contributed by atoms with van der Waals surface area (Å²) < 4.78 is 9.95. The molecule has 0 radical (unpaired) electrons. The molecule has 0 bridgehead atoms. The molecule has 0 spiro atoms. The van der Waals surface area contributed by atoms with E-state index >= 15 is 0 Å². The zero-order chi connectivity index (χ0) is 13.7. The fourth-order valence-electron chi connectivity index (χ4n) is 1.44. The van der Waals surface area contributed by atoms with Gasteiger partial charge in [0.25, 0.3) is 0 Å². The summed E-state index contributed by atoms with van der Waals surface area (Å²) in [5, 5.41) is 15.4. The van der Waals surface area contributed by atoms with E-state index in [2.05, 4.69) is 15.5 Å². The van der Waals surface area contributed by atoms with E-state index in [0.29, 0.717) is 18.1 Å². The normalized spacial score (nSPS) is 12.3. The first kappa shape index (κ1) is 13.3. The van der Waals surface area contributed by atoms with Crippen molar-refractivity contribution in [2.24, 2.45) is 0 Å². The van der Waals surface area contributed by atoms with Crippen molar-refractivity contribution in [1.82, 2.24) is 15.5 Å². The lowest BCUT2D eigenvalue weighted by Gasteiger charge is -2.05. The zero-order valence-electron chi connectivity index (χ0n) is 10.5. The van der Waals surface area contributed by atoms with Gasteiger partial charge in [0, 0.05) is 19.4 Å². The van der Waals surface area contributed by atoms with Crippen LogP contribution in [0.1, 0.15) is 19.2 Å². The molecule has 2 aromatic heterocycles. The monoisotopic (exact) mass is 265 g/mol. The van der Waals surface area contributed by atoms with Gasteiger partial charge in [-0.25, -0.2) is 0 Å². The van der Waals surface area contributed by atoms with Crippen molar-refractivity contribution in [3.63, 3.8) is 0 Å². The Morgan fingerprint density at radius 1 is 1.58 bits per heavy atom. The van der Waals surface area contributed by atoms with E-state index < -0.39 is 6.10 Å². The number of aliphatic hydroxyl groups excluding tert-OH is 1. The van der Waals surface area contributed by atoms with Gasteiger partial charge in [-0.1, -0.05) is 5.16 Å². The highest BCUT2D eigenvalue weighted by Gasteiger charge is 2.11. The minimum absolute atomic E-state index is 0.163. The number of carbonyl (C=O) groups excluding carboxylic acids is 1. The summed E-state index contributed by atoms with van der Waals surface area (Å²) in [4.78, 5) is 15.6. The predicted octanol–water partition coefficient (Wildman–Crippen LogP) is 0.759.